The van der Waals surface area contributed by atoms with E-state index in [0.29, 0.717) is 38.6 Å². The highest BCUT2D eigenvalue weighted by Crippen LogP contribution is 2.20. The molecule has 29 heteroatoms. The molecule has 0 unspecified atom stereocenters. The Morgan fingerprint density at radius 3 is 2.01 bits per heavy atom. The minimum Gasteiger partial charge on any atom is -0.477 e. The van der Waals surface area contributed by atoms with E-state index in [0.717, 1.165) is 11.0 Å². The molecule has 0 spiro atoms. The molecule has 1 fully saturated rings. The molecule has 1 aromatic rings. The molecule has 1 saturated heterocycles. The summed E-state index contributed by atoms with van der Waals surface area (Å²) in [4.78, 5) is 127. The van der Waals surface area contributed by atoms with E-state index in [1.54, 1.807) is 0 Å². The Hall–Kier alpha value is -7.02. The average molecular weight is 1090 g/mol. The molecule has 0 radical (unpaired) electrons. The molecule has 0 saturated carbocycles. The first kappa shape index (κ1) is 66.1. The summed E-state index contributed by atoms with van der Waals surface area (Å²) in [6, 6.07) is -2.72. The number of guanidine groups is 1. The minimum atomic E-state index is -1.62. The van der Waals surface area contributed by atoms with Crippen molar-refractivity contribution in [3.8, 4) is 0 Å². The van der Waals surface area contributed by atoms with Crippen LogP contribution in [-0.4, -0.2) is 175 Å². The highest BCUT2D eigenvalue weighted by Gasteiger charge is 2.39. The summed E-state index contributed by atoms with van der Waals surface area (Å²) in [5, 5.41) is 44.8. The van der Waals surface area contributed by atoms with Gasteiger partial charge in [-0.05, 0) is 115 Å². The number of hydrogen-bond acceptors (Lipinski definition) is 17. The molecule has 2 rings (SSSR count). The zero-order valence-corrected chi connectivity index (χ0v) is 43.4. The lowest BCUT2D eigenvalue weighted by Crippen LogP contribution is -2.60. The number of aliphatic imine (C=N–C) groups is 1. The number of benzene rings is 1. The van der Waals surface area contributed by atoms with Crippen molar-refractivity contribution in [1.82, 2.24) is 42.1 Å². The number of aliphatic hydroxyl groups excluding tert-OH is 1. The van der Waals surface area contributed by atoms with Gasteiger partial charge in [0.05, 0.1) is 18.7 Å². The van der Waals surface area contributed by atoms with Crippen LogP contribution in [0.3, 0.4) is 0 Å². The second-order valence-corrected chi connectivity index (χ2v) is 18.1. The third-order valence-corrected chi connectivity index (χ3v) is 12.1. The predicted molar refractivity (Wildman–Crippen MR) is 282 cm³/mol. The molecule has 1 aliphatic rings. The van der Waals surface area contributed by atoms with E-state index in [1.165, 1.54) is 24.3 Å². The fraction of sp³-hybridized carbons (Fsp3) is 0.604. The summed E-state index contributed by atoms with van der Waals surface area (Å²) in [5.41, 5.74) is 38.6. The van der Waals surface area contributed by atoms with E-state index in [4.69, 9.17) is 45.5 Å². The van der Waals surface area contributed by atoms with E-state index in [9.17, 15) is 53.4 Å². The van der Waals surface area contributed by atoms with Crippen molar-refractivity contribution < 1.29 is 57.8 Å². The molecule has 28 nitrogen and oxygen atoms in total. The summed E-state index contributed by atoms with van der Waals surface area (Å²) in [5.74, 6) is -9.72. The number of carbonyl (C=O) groups excluding carboxylic acids is 8. The smallest absolute Gasteiger partial charge is 0.352 e. The highest BCUT2D eigenvalue weighted by atomic mass is 19.1. The molecule has 0 aromatic heterocycles. The van der Waals surface area contributed by atoms with Crippen molar-refractivity contribution >= 4 is 64.9 Å². The molecule has 430 valence electrons. The Morgan fingerprint density at radius 1 is 0.766 bits per heavy atom. The number of rotatable bonds is 36. The molecule has 0 aliphatic carbocycles. The lowest BCUT2D eigenvalue weighted by Gasteiger charge is -2.28. The van der Waals surface area contributed by atoms with Crippen molar-refractivity contribution in [2.75, 3.05) is 52.4 Å². The van der Waals surface area contributed by atoms with Crippen LogP contribution in [0.2, 0.25) is 0 Å². The van der Waals surface area contributed by atoms with Gasteiger partial charge >= 0.3 is 5.97 Å². The maximum atomic E-state index is 15.1. The fourth-order valence-corrected chi connectivity index (χ4v) is 7.86. The van der Waals surface area contributed by atoms with Crippen molar-refractivity contribution in [3.05, 3.63) is 47.4 Å². The number of nitrogens with zero attached hydrogens (tertiary/aromatic N) is 2. The number of amides is 8. The Bertz CT molecular complexity index is 2220. The van der Waals surface area contributed by atoms with Crippen LogP contribution in [0.15, 0.2) is 41.0 Å². The van der Waals surface area contributed by atoms with Crippen molar-refractivity contribution in [1.29, 1.82) is 5.41 Å². The normalized spacial score (nSPS) is 15.9. The number of aliphatic carboxylic acids is 1. The van der Waals surface area contributed by atoms with Crippen LogP contribution < -0.4 is 77.4 Å². The van der Waals surface area contributed by atoms with Crippen LogP contribution in [0, 0.1) is 11.2 Å². The van der Waals surface area contributed by atoms with Gasteiger partial charge in [-0.15, -0.1) is 0 Å². The number of nitrogens with two attached hydrogens (primary N) is 7. The number of carbonyl (C=O) groups is 9. The van der Waals surface area contributed by atoms with E-state index < -0.39 is 127 Å². The molecular weight excluding hydrogens is 1010 g/mol. The number of nitrogens with one attached hydrogen (secondary N) is 8. The molecular formula is C48H80FN17O11. The first-order valence-electron chi connectivity index (χ1n) is 25.6. The van der Waals surface area contributed by atoms with Gasteiger partial charge in [-0.1, -0.05) is 30.7 Å². The zero-order valence-electron chi connectivity index (χ0n) is 43.4. The molecule has 24 N–H and O–H groups in total. The van der Waals surface area contributed by atoms with Crippen LogP contribution in [0.1, 0.15) is 89.0 Å². The minimum absolute atomic E-state index is 0.00431. The lowest BCUT2D eigenvalue weighted by molar-refractivity contribution is -0.137. The molecule has 0 bridgehead atoms. The van der Waals surface area contributed by atoms with Gasteiger partial charge in [-0.3, -0.25) is 43.8 Å². The van der Waals surface area contributed by atoms with Gasteiger partial charge < -0.3 is 92.5 Å². The standard InChI is InChI=1S/C48H80FN17O11/c49-29-12-2-1-11-28(29)25-35(43(72)61-32(14-4-6-20-51)42(71)63-34(47(76)77)17-9-23-58-48(56)57)64-44(73)36-18-10-24-66(36)46(75)33(16-8-22-53)60-38(68)27-59-41(70)31(15-7-21-52)62-45(74)39(37(67)26-54)65-40(69)30(55)13-3-5-19-50/h1-2,11-12,17,30-32,35-37,39,67H,3-10,13-16,18-27,50-55H2,(H,59,70)(H,61,72)(H,62,74)(H,63,71)(H,64,73)(H,65,69)(H,76,77)(H4,56,57,58)/b34-17-,60-33+/t30-,31-,32-,35-,36-,37-,39-/m0/s1. The molecule has 1 heterocycles. The molecule has 7 atom stereocenters. The lowest BCUT2D eigenvalue weighted by atomic mass is 10.0. The van der Waals surface area contributed by atoms with E-state index in [2.05, 4.69) is 42.2 Å². The Balaban J connectivity index is 2.36. The quantitative estimate of drug-likeness (QED) is 0.0129. The third-order valence-electron chi connectivity index (χ3n) is 12.1. The van der Waals surface area contributed by atoms with Crippen LogP contribution >= 0.6 is 0 Å². The fourth-order valence-electron chi connectivity index (χ4n) is 7.86. The number of halogens is 1. The second-order valence-electron chi connectivity index (χ2n) is 18.1. The summed E-state index contributed by atoms with van der Waals surface area (Å²) >= 11 is 0. The topological polar surface area (TPSA) is 500 Å². The summed E-state index contributed by atoms with van der Waals surface area (Å²) in [7, 11) is 0. The zero-order chi connectivity index (χ0) is 57.5. The van der Waals surface area contributed by atoms with Gasteiger partial charge in [0.2, 0.25) is 35.4 Å². The number of hydrogen-bond donors (Lipinski definition) is 17. The van der Waals surface area contributed by atoms with Gasteiger partial charge in [0.25, 0.3) is 11.8 Å². The van der Waals surface area contributed by atoms with Crippen LogP contribution in [-0.2, 0) is 49.6 Å². The number of unbranched alkanes of at least 4 members (excludes halogenated alkanes) is 2. The summed E-state index contributed by atoms with van der Waals surface area (Å²) in [6.07, 6.45) is 1.88. The summed E-state index contributed by atoms with van der Waals surface area (Å²) in [6.45, 7) is -0.366. The van der Waals surface area contributed by atoms with Gasteiger partial charge in [0, 0.05) is 26.1 Å². The largest absolute Gasteiger partial charge is 0.477 e. The SMILES string of the molecule is N=C(N)NCC/C=C(\NC(=O)[C@H](CCCCN)NC(=O)[C@H](Cc1ccccc1F)NC(=O)[C@@H]1CCCN1C(=O)/C(CCCN)=N/C(=O)CNC(=O)[C@H](CCCN)NC(=O)[C@@H](NC(=O)[C@@H](N)CCCCN)[C@@H](O)CN)C(=O)O. The maximum Gasteiger partial charge on any atom is 0.352 e. The van der Waals surface area contributed by atoms with E-state index in [-0.39, 0.29) is 101 Å². The summed E-state index contributed by atoms with van der Waals surface area (Å²) < 4.78 is 15.1. The second kappa shape index (κ2) is 36.1. The van der Waals surface area contributed by atoms with Gasteiger partial charge in [0.1, 0.15) is 47.4 Å². The van der Waals surface area contributed by atoms with Crippen LogP contribution in [0.4, 0.5) is 4.39 Å². The van der Waals surface area contributed by atoms with Gasteiger partial charge in [-0.2, -0.15) is 0 Å². The predicted octanol–water partition coefficient (Wildman–Crippen LogP) is -5.28. The number of aliphatic hydroxyl groups is 1. The highest BCUT2D eigenvalue weighted by molar-refractivity contribution is 6.40. The average Bonchev–Trinajstić information content (AvgIpc) is 3.90. The molecule has 1 aliphatic heterocycles. The number of likely N-dealkylation sites (tertiary alicyclic amines) is 1. The molecule has 1 aromatic carbocycles. The van der Waals surface area contributed by atoms with Gasteiger partial charge in [-0.25, -0.2) is 14.2 Å². The van der Waals surface area contributed by atoms with Crippen molar-refractivity contribution in [3.63, 3.8) is 0 Å². The first-order chi connectivity index (χ1) is 36.7. The van der Waals surface area contributed by atoms with E-state index in [1.807, 2.05) is 0 Å². The third kappa shape index (κ3) is 23.8. The van der Waals surface area contributed by atoms with Crippen LogP contribution in [0.25, 0.3) is 0 Å². The Kier molecular flexibility index (Phi) is 31.0. The number of carboxylic acids is 1. The Morgan fingerprint density at radius 2 is 1.39 bits per heavy atom. The van der Waals surface area contributed by atoms with Crippen molar-refractivity contribution in [2.45, 2.75) is 132 Å². The molecule has 77 heavy (non-hydrogen) atoms. The van der Waals surface area contributed by atoms with E-state index >= 15 is 4.39 Å². The first-order valence-corrected chi connectivity index (χ1v) is 25.6. The molecule has 8 amide bonds. The maximum absolute atomic E-state index is 15.1. The van der Waals surface area contributed by atoms with Gasteiger partial charge in [0.15, 0.2) is 5.96 Å². The van der Waals surface area contributed by atoms with Crippen molar-refractivity contribution in [2.24, 2.45) is 45.1 Å². The Labute approximate surface area is 446 Å². The monoisotopic (exact) mass is 1090 g/mol. The van der Waals surface area contributed by atoms with Crippen LogP contribution in [0.5, 0.6) is 0 Å². The number of carboxylic acid groups (broad SMARTS) is 1.